The molecule has 84 valence electrons. The number of hydrogen-bond donors (Lipinski definition) is 1. The maximum atomic E-state index is 11.5. The van der Waals surface area contributed by atoms with E-state index in [0.29, 0.717) is 12.0 Å². The van der Waals surface area contributed by atoms with Crippen LogP contribution in [0, 0.1) is 11.3 Å². The topological polar surface area (TPSA) is 98.0 Å². The minimum absolute atomic E-state index is 0.0351. The lowest BCUT2D eigenvalue weighted by Crippen LogP contribution is -2.34. The number of rotatable bonds is 3. The van der Waals surface area contributed by atoms with Gasteiger partial charge in [-0.2, -0.15) is 5.26 Å². The summed E-state index contributed by atoms with van der Waals surface area (Å²) >= 11 is 0. The van der Waals surface area contributed by atoms with Crippen molar-refractivity contribution in [1.29, 1.82) is 5.26 Å². The molecule has 1 amide bonds. The molecule has 1 aromatic heterocycles. The Bertz CT molecular complexity index is 456. The average Bonchev–Trinajstić information content (AvgIpc) is 2.70. The average molecular weight is 220 g/mol. The second kappa shape index (κ2) is 4.98. The molecule has 0 radical (unpaired) electrons. The fourth-order valence-electron chi connectivity index (χ4n) is 1.25. The SMILES string of the molecule is CCc1cc(C(=O)NCC#N)n(C(=O)[O-])c1. The van der Waals surface area contributed by atoms with Crippen LogP contribution in [0.2, 0.25) is 0 Å². The van der Waals surface area contributed by atoms with E-state index in [4.69, 9.17) is 5.26 Å². The van der Waals surface area contributed by atoms with Crippen molar-refractivity contribution in [3.63, 3.8) is 0 Å². The van der Waals surface area contributed by atoms with E-state index in [1.807, 2.05) is 6.92 Å². The van der Waals surface area contributed by atoms with E-state index in [2.05, 4.69) is 5.32 Å². The molecule has 0 fully saturated rings. The Balaban J connectivity index is 3.02. The Morgan fingerprint density at radius 3 is 2.81 bits per heavy atom. The Labute approximate surface area is 92.1 Å². The third-order valence-corrected chi connectivity index (χ3v) is 2.04. The second-order valence-corrected chi connectivity index (χ2v) is 3.06. The fraction of sp³-hybridized carbons (Fsp3) is 0.300. The van der Waals surface area contributed by atoms with Gasteiger partial charge in [0.05, 0.1) is 6.07 Å². The van der Waals surface area contributed by atoms with E-state index < -0.39 is 12.0 Å². The van der Waals surface area contributed by atoms with Crippen LogP contribution in [0.1, 0.15) is 23.0 Å². The molecule has 0 spiro atoms. The van der Waals surface area contributed by atoms with Gasteiger partial charge in [-0.05, 0) is 18.1 Å². The predicted octanol–water partition coefficient (Wildman–Crippen LogP) is -0.505. The number of carbonyl (C=O) groups is 2. The molecule has 0 atom stereocenters. The lowest BCUT2D eigenvalue weighted by Gasteiger charge is -2.07. The van der Waals surface area contributed by atoms with Gasteiger partial charge >= 0.3 is 0 Å². The first-order chi connectivity index (χ1) is 7.60. The lowest BCUT2D eigenvalue weighted by atomic mass is 10.2. The standard InChI is InChI=1S/C10H11N3O3/c1-2-7-5-8(9(14)12-4-3-11)13(6-7)10(15)16/h5-6H,2,4H2,1H3,(H,12,14)(H,15,16)/p-1. The molecular formula is C10H10N3O3-. The molecule has 1 aromatic rings. The summed E-state index contributed by atoms with van der Waals surface area (Å²) in [4.78, 5) is 22.2. The van der Waals surface area contributed by atoms with Crippen molar-refractivity contribution in [3.05, 3.63) is 23.5 Å². The van der Waals surface area contributed by atoms with Gasteiger partial charge in [0.25, 0.3) is 5.91 Å². The van der Waals surface area contributed by atoms with Gasteiger partial charge in [-0.25, -0.2) is 0 Å². The highest BCUT2D eigenvalue weighted by Gasteiger charge is 2.13. The van der Waals surface area contributed by atoms with Gasteiger partial charge in [-0.15, -0.1) is 0 Å². The lowest BCUT2D eigenvalue weighted by molar-refractivity contribution is -0.250. The molecular weight excluding hydrogens is 210 g/mol. The van der Waals surface area contributed by atoms with Crippen molar-refractivity contribution in [2.45, 2.75) is 13.3 Å². The first kappa shape index (κ1) is 11.8. The molecule has 0 aliphatic rings. The first-order valence-corrected chi connectivity index (χ1v) is 4.68. The number of nitrogens with one attached hydrogen (secondary N) is 1. The van der Waals surface area contributed by atoms with Crippen molar-refractivity contribution in [3.8, 4) is 6.07 Å². The minimum atomic E-state index is -1.47. The summed E-state index contributed by atoms with van der Waals surface area (Å²) in [6, 6.07) is 3.19. The largest absolute Gasteiger partial charge is 0.529 e. The molecule has 0 saturated heterocycles. The van der Waals surface area contributed by atoms with Crippen LogP contribution in [0.4, 0.5) is 4.79 Å². The van der Waals surface area contributed by atoms with Crippen LogP contribution >= 0.6 is 0 Å². The van der Waals surface area contributed by atoms with Crippen LogP contribution in [0.3, 0.4) is 0 Å². The third kappa shape index (κ3) is 2.39. The number of amides is 1. The Hall–Kier alpha value is -2.29. The van der Waals surface area contributed by atoms with E-state index in [1.165, 1.54) is 12.3 Å². The summed E-state index contributed by atoms with van der Waals surface area (Å²) in [5, 5.41) is 21.3. The summed E-state index contributed by atoms with van der Waals surface area (Å²) in [5.74, 6) is -0.606. The molecule has 6 heteroatoms. The first-order valence-electron chi connectivity index (χ1n) is 4.68. The molecule has 1 heterocycles. The van der Waals surface area contributed by atoms with Gasteiger partial charge in [-0.3, -0.25) is 9.36 Å². The van der Waals surface area contributed by atoms with Gasteiger partial charge in [0.2, 0.25) is 0 Å². The van der Waals surface area contributed by atoms with Crippen LogP contribution in [0.25, 0.3) is 0 Å². The van der Waals surface area contributed by atoms with Crippen molar-refractivity contribution >= 4 is 12.0 Å². The maximum Gasteiger partial charge on any atom is 0.269 e. The Morgan fingerprint density at radius 1 is 1.62 bits per heavy atom. The number of nitriles is 1. The number of hydrogen-bond acceptors (Lipinski definition) is 4. The Kier molecular flexibility index (Phi) is 3.67. The second-order valence-electron chi connectivity index (χ2n) is 3.06. The zero-order chi connectivity index (χ0) is 12.1. The van der Waals surface area contributed by atoms with Crippen molar-refractivity contribution in [2.24, 2.45) is 0 Å². The van der Waals surface area contributed by atoms with Gasteiger partial charge in [0.1, 0.15) is 18.3 Å². The van der Waals surface area contributed by atoms with Crippen molar-refractivity contribution < 1.29 is 14.7 Å². The van der Waals surface area contributed by atoms with E-state index in [1.54, 1.807) is 6.07 Å². The van der Waals surface area contributed by atoms with Crippen LogP contribution < -0.4 is 10.4 Å². The molecule has 16 heavy (non-hydrogen) atoms. The van der Waals surface area contributed by atoms with Crippen molar-refractivity contribution in [1.82, 2.24) is 9.88 Å². The van der Waals surface area contributed by atoms with Gasteiger partial charge in [0, 0.05) is 6.20 Å². The summed E-state index contributed by atoms with van der Waals surface area (Å²) < 4.78 is 0.742. The van der Waals surface area contributed by atoms with Crippen molar-refractivity contribution in [2.75, 3.05) is 6.54 Å². The fourth-order valence-corrected chi connectivity index (χ4v) is 1.25. The predicted molar refractivity (Wildman–Crippen MR) is 52.6 cm³/mol. The highest BCUT2D eigenvalue weighted by molar-refractivity contribution is 5.95. The highest BCUT2D eigenvalue weighted by Crippen LogP contribution is 2.08. The molecule has 0 unspecified atom stereocenters. The van der Waals surface area contributed by atoms with E-state index >= 15 is 0 Å². The van der Waals surface area contributed by atoms with E-state index in [0.717, 1.165) is 4.57 Å². The summed E-state index contributed by atoms with van der Waals surface area (Å²) in [5.41, 5.74) is 0.679. The molecule has 0 aliphatic carbocycles. The van der Waals surface area contributed by atoms with E-state index in [-0.39, 0.29) is 12.2 Å². The monoisotopic (exact) mass is 220 g/mol. The number of aromatic nitrogens is 1. The minimum Gasteiger partial charge on any atom is -0.529 e. The Morgan fingerprint density at radius 2 is 2.31 bits per heavy atom. The molecule has 0 aliphatic heterocycles. The zero-order valence-corrected chi connectivity index (χ0v) is 8.69. The highest BCUT2D eigenvalue weighted by atomic mass is 16.4. The molecule has 6 nitrogen and oxygen atoms in total. The molecule has 1 rings (SSSR count). The number of aryl methyl sites for hydroxylation is 1. The van der Waals surface area contributed by atoms with Gasteiger partial charge in [-0.1, -0.05) is 6.92 Å². The number of nitrogens with zero attached hydrogens (tertiary/aromatic N) is 2. The maximum absolute atomic E-state index is 11.5. The van der Waals surface area contributed by atoms with Gasteiger partial charge in [0.15, 0.2) is 0 Å². The number of carbonyl (C=O) groups excluding carboxylic acids is 2. The van der Waals surface area contributed by atoms with Crippen LogP contribution in [0.15, 0.2) is 12.3 Å². The molecule has 1 N–H and O–H groups in total. The summed E-state index contributed by atoms with van der Waals surface area (Å²) in [7, 11) is 0. The summed E-state index contributed by atoms with van der Waals surface area (Å²) in [6.07, 6.45) is 0.469. The molecule has 0 aromatic carbocycles. The quantitative estimate of drug-likeness (QED) is 0.694. The summed E-state index contributed by atoms with van der Waals surface area (Å²) in [6.45, 7) is 1.67. The molecule has 0 bridgehead atoms. The van der Waals surface area contributed by atoms with Crippen LogP contribution in [-0.2, 0) is 6.42 Å². The van der Waals surface area contributed by atoms with Crippen LogP contribution in [0.5, 0.6) is 0 Å². The smallest absolute Gasteiger partial charge is 0.269 e. The van der Waals surface area contributed by atoms with Gasteiger partial charge < -0.3 is 15.2 Å². The number of carboxylic acid groups (broad SMARTS) is 1. The normalized spacial score (nSPS) is 9.50. The molecule has 0 saturated carbocycles. The zero-order valence-electron chi connectivity index (χ0n) is 8.69. The van der Waals surface area contributed by atoms with Crippen LogP contribution in [-0.4, -0.2) is 23.1 Å². The third-order valence-electron chi connectivity index (χ3n) is 2.04. The van der Waals surface area contributed by atoms with E-state index in [9.17, 15) is 14.7 Å².